The average Bonchev–Trinajstić information content (AvgIpc) is 3.11. The summed E-state index contributed by atoms with van der Waals surface area (Å²) in [6.07, 6.45) is 1.45. The van der Waals surface area contributed by atoms with Crippen LogP contribution in [0.25, 0.3) is 11.3 Å². The van der Waals surface area contributed by atoms with Crippen LogP contribution in [0, 0.1) is 0 Å². The van der Waals surface area contributed by atoms with Crippen LogP contribution in [-0.4, -0.2) is 17.4 Å². The van der Waals surface area contributed by atoms with E-state index in [4.69, 9.17) is 27.6 Å². The highest BCUT2D eigenvalue weighted by Crippen LogP contribution is 2.31. The number of thioether (sulfide) groups is 1. The monoisotopic (exact) mass is 418 g/mol. The predicted octanol–water partition coefficient (Wildman–Crippen LogP) is 5.88. The maximum Gasteiger partial charge on any atom is 0.253 e. The molecular formula is C20H16Cl2N2O2S. The second-order valence-corrected chi connectivity index (χ2v) is 7.89. The van der Waals surface area contributed by atoms with Crippen molar-refractivity contribution >= 4 is 47.1 Å². The van der Waals surface area contributed by atoms with Crippen molar-refractivity contribution in [1.29, 1.82) is 0 Å². The Labute approximate surface area is 171 Å². The van der Waals surface area contributed by atoms with E-state index in [-0.39, 0.29) is 11.2 Å². The average molecular weight is 419 g/mol. The van der Waals surface area contributed by atoms with Crippen LogP contribution in [0.15, 0.2) is 75.1 Å². The van der Waals surface area contributed by atoms with E-state index in [0.29, 0.717) is 21.6 Å². The summed E-state index contributed by atoms with van der Waals surface area (Å²) in [4.78, 5) is 13.2. The van der Waals surface area contributed by atoms with Crippen molar-refractivity contribution in [3.8, 4) is 11.3 Å². The van der Waals surface area contributed by atoms with Gasteiger partial charge < -0.3 is 4.42 Å². The zero-order chi connectivity index (χ0) is 19.2. The van der Waals surface area contributed by atoms with Gasteiger partial charge in [0.2, 0.25) is 0 Å². The number of hydrogen-bond donors (Lipinski definition) is 1. The maximum atomic E-state index is 12.1. The van der Waals surface area contributed by atoms with E-state index < -0.39 is 0 Å². The fourth-order valence-electron chi connectivity index (χ4n) is 2.26. The molecule has 0 aliphatic carbocycles. The normalized spacial score (nSPS) is 12.3. The van der Waals surface area contributed by atoms with E-state index in [1.807, 2.05) is 37.3 Å². The van der Waals surface area contributed by atoms with Gasteiger partial charge in [-0.05, 0) is 49.4 Å². The molecule has 138 valence electrons. The van der Waals surface area contributed by atoms with Crippen molar-refractivity contribution in [2.45, 2.75) is 17.1 Å². The van der Waals surface area contributed by atoms with Gasteiger partial charge in [-0.2, -0.15) is 5.10 Å². The molecule has 3 rings (SSSR count). The molecule has 0 spiro atoms. The largest absolute Gasteiger partial charge is 0.455 e. The van der Waals surface area contributed by atoms with Crippen molar-refractivity contribution in [2.24, 2.45) is 5.10 Å². The quantitative estimate of drug-likeness (QED) is 0.308. The number of nitrogens with one attached hydrogen (secondary N) is 1. The van der Waals surface area contributed by atoms with Crippen molar-refractivity contribution in [2.75, 3.05) is 0 Å². The number of amides is 1. The number of hydrogen-bond acceptors (Lipinski definition) is 4. The van der Waals surface area contributed by atoms with E-state index in [1.165, 1.54) is 18.0 Å². The molecule has 1 heterocycles. The van der Waals surface area contributed by atoms with E-state index in [2.05, 4.69) is 10.5 Å². The Bertz CT molecular complexity index is 958. The lowest BCUT2D eigenvalue weighted by Crippen LogP contribution is -2.26. The standard InChI is InChI=1S/C20H16Cl2N2O2S/c1-13(27-16-5-3-2-4-6-16)20(25)24-23-12-15-8-10-19(26-15)17-9-7-14(21)11-18(17)22/h2-13H,1H3,(H,24,25)/b23-12-/t13-/m0/s1. The van der Waals surface area contributed by atoms with Crippen LogP contribution in [0.4, 0.5) is 0 Å². The molecule has 0 fully saturated rings. The molecule has 27 heavy (non-hydrogen) atoms. The first-order valence-electron chi connectivity index (χ1n) is 8.13. The molecule has 2 aromatic carbocycles. The summed E-state index contributed by atoms with van der Waals surface area (Å²) in [5, 5.41) is 4.75. The van der Waals surface area contributed by atoms with E-state index in [0.717, 1.165) is 10.5 Å². The van der Waals surface area contributed by atoms with Gasteiger partial charge in [-0.15, -0.1) is 11.8 Å². The minimum atomic E-state index is -0.274. The number of halogens is 2. The summed E-state index contributed by atoms with van der Waals surface area (Å²) >= 11 is 13.6. The van der Waals surface area contributed by atoms with Gasteiger partial charge >= 0.3 is 0 Å². The van der Waals surface area contributed by atoms with E-state index >= 15 is 0 Å². The second-order valence-electron chi connectivity index (χ2n) is 5.63. The molecule has 4 nitrogen and oxygen atoms in total. The highest BCUT2D eigenvalue weighted by molar-refractivity contribution is 8.00. The lowest BCUT2D eigenvalue weighted by molar-refractivity contribution is -0.120. The Kier molecular flexibility index (Phi) is 6.61. The number of carbonyl (C=O) groups is 1. The lowest BCUT2D eigenvalue weighted by Gasteiger charge is -2.08. The molecule has 1 aromatic heterocycles. The van der Waals surface area contributed by atoms with E-state index in [1.54, 1.807) is 30.3 Å². The van der Waals surface area contributed by atoms with Crippen LogP contribution in [0.2, 0.25) is 10.0 Å². The highest BCUT2D eigenvalue weighted by Gasteiger charge is 2.13. The van der Waals surface area contributed by atoms with Gasteiger partial charge in [-0.3, -0.25) is 4.79 Å². The summed E-state index contributed by atoms with van der Waals surface area (Å²) in [7, 11) is 0. The molecule has 0 aliphatic rings. The molecule has 0 saturated heterocycles. The molecule has 1 amide bonds. The number of rotatable bonds is 6. The number of furan rings is 1. The Hall–Kier alpha value is -2.21. The summed E-state index contributed by atoms with van der Waals surface area (Å²) in [5.41, 5.74) is 3.26. The first-order chi connectivity index (χ1) is 13.0. The Morgan fingerprint density at radius 2 is 1.93 bits per heavy atom. The first kappa shape index (κ1) is 19.5. The number of benzene rings is 2. The molecule has 0 aliphatic heterocycles. The van der Waals surface area contributed by atoms with Crippen LogP contribution < -0.4 is 5.43 Å². The molecular weight excluding hydrogens is 403 g/mol. The van der Waals surface area contributed by atoms with Crippen LogP contribution >= 0.6 is 35.0 Å². The summed E-state index contributed by atoms with van der Waals surface area (Å²) in [5.74, 6) is 0.907. The second kappa shape index (κ2) is 9.13. The smallest absolute Gasteiger partial charge is 0.253 e. The molecule has 1 N–H and O–H groups in total. The molecule has 7 heteroatoms. The molecule has 0 unspecified atom stereocenters. The Balaban J connectivity index is 1.58. The molecule has 3 aromatic rings. The SMILES string of the molecule is C[C@H](Sc1ccccc1)C(=O)N/N=C\c1ccc(-c2ccc(Cl)cc2Cl)o1. The minimum Gasteiger partial charge on any atom is -0.455 e. The fourth-order valence-corrected chi connectivity index (χ4v) is 3.65. The van der Waals surface area contributed by atoms with Gasteiger partial charge in [0.05, 0.1) is 16.5 Å². The topological polar surface area (TPSA) is 54.6 Å². The minimum absolute atomic E-state index is 0.187. The van der Waals surface area contributed by atoms with E-state index in [9.17, 15) is 4.79 Å². The van der Waals surface area contributed by atoms with Gasteiger partial charge in [0.1, 0.15) is 11.5 Å². The zero-order valence-corrected chi connectivity index (χ0v) is 16.7. The van der Waals surface area contributed by atoms with Gasteiger partial charge in [-0.1, -0.05) is 41.4 Å². The van der Waals surface area contributed by atoms with Crippen molar-refractivity contribution in [3.63, 3.8) is 0 Å². The van der Waals surface area contributed by atoms with Gasteiger partial charge in [0.15, 0.2) is 0 Å². The molecule has 0 saturated carbocycles. The van der Waals surface area contributed by atoms with Gasteiger partial charge in [0.25, 0.3) is 5.91 Å². The Morgan fingerprint density at radius 3 is 2.67 bits per heavy atom. The first-order valence-corrected chi connectivity index (χ1v) is 9.76. The summed E-state index contributed by atoms with van der Waals surface area (Å²) in [6, 6.07) is 18.5. The van der Waals surface area contributed by atoms with Crippen LogP contribution in [-0.2, 0) is 4.79 Å². The number of hydrazone groups is 1. The zero-order valence-electron chi connectivity index (χ0n) is 14.4. The van der Waals surface area contributed by atoms with Crippen LogP contribution in [0.5, 0.6) is 0 Å². The summed E-state index contributed by atoms with van der Waals surface area (Å²) in [6.45, 7) is 1.83. The molecule has 1 atom stereocenters. The molecule has 0 bridgehead atoms. The third-order valence-corrected chi connectivity index (χ3v) is 5.27. The number of nitrogens with zero attached hydrogens (tertiary/aromatic N) is 1. The van der Waals surface area contributed by atoms with Crippen LogP contribution in [0.3, 0.4) is 0 Å². The Morgan fingerprint density at radius 1 is 1.15 bits per heavy atom. The third kappa shape index (κ3) is 5.39. The van der Waals surface area contributed by atoms with Crippen molar-refractivity contribution in [1.82, 2.24) is 5.43 Å². The summed E-state index contributed by atoms with van der Waals surface area (Å²) < 4.78 is 5.70. The van der Waals surface area contributed by atoms with Crippen LogP contribution in [0.1, 0.15) is 12.7 Å². The van der Waals surface area contributed by atoms with Crippen molar-refractivity contribution in [3.05, 3.63) is 76.5 Å². The maximum absolute atomic E-state index is 12.1. The fraction of sp³-hybridized carbons (Fsp3) is 0.100. The van der Waals surface area contributed by atoms with Crippen molar-refractivity contribution < 1.29 is 9.21 Å². The third-order valence-electron chi connectivity index (χ3n) is 3.62. The number of carbonyl (C=O) groups excluding carboxylic acids is 1. The van der Waals surface area contributed by atoms with Gasteiger partial charge in [0, 0.05) is 15.5 Å². The van der Waals surface area contributed by atoms with Gasteiger partial charge in [-0.25, -0.2) is 5.43 Å². The highest BCUT2D eigenvalue weighted by atomic mass is 35.5. The predicted molar refractivity (Wildman–Crippen MR) is 112 cm³/mol. The lowest BCUT2D eigenvalue weighted by atomic mass is 10.2. The molecule has 0 radical (unpaired) electrons.